The lowest BCUT2D eigenvalue weighted by Crippen LogP contribution is -2.50. The van der Waals surface area contributed by atoms with Gasteiger partial charge in [0.2, 0.25) is 5.91 Å². The van der Waals surface area contributed by atoms with Gasteiger partial charge < -0.3 is 14.5 Å². The molecule has 0 aromatic carbocycles. The SMILES string of the molecule is O=C(Cc1csc(-c2ccco2)n1)NCC1CN2CCCC2CO1. The molecule has 2 saturated heterocycles. The molecule has 0 aliphatic carbocycles. The lowest BCUT2D eigenvalue weighted by Gasteiger charge is -2.35. The highest BCUT2D eigenvalue weighted by Crippen LogP contribution is 2.24. The summed E-state index contributed by atoms with van der Waals surface area (Å²) in [6, 6.07) is 4.29. The van der Waals surface area contributed by atoms with E-state index >= 15 is 0 Å². The molecule has 2 aliphatic rings. The van der Waals surface area contributed by atoms with Crippen molar-refractivity contribution < 1.29 is 13.9 Å². The lowest BCUT2D eigenvalue weighted by molar-refractivity contribution is -0.122. The van der Waals surface area contributed by atoms with E-state index in [2.05, 4.69) is 15.2 Å². The molecule has 4 rings (SSSR count). The number of nitrogens with one attached hydrogen (secondary N) is 1. The summed E-state index contributed by atoms with van der Waals surface area (Å²) in [4.78, 5) is 19.1. The molecule has 2 fully saturated rings. The number of morpholine rings is 1. The normalized spacial score (nSPS) is 24.0. The first kappa shape index (κ1) is 15.8. The van der Waals surface area contributed by atoms with Gasteiger partial charge in [0, 0.05) is 24.5 Å². The Bertz CT molecular complexity index is 685. The molecular weight excluding hydrogens is 326 g/mol. The van der Waals surface area contributed by atoms with Crippen LogP contribution in [0.2, 0.25) is 0 Å². The summed E-state index contributed by atoms with van der Waals surface area (Å²) in [5, 5.41) is 5.69. The van der Waals surface area contributed by atoms with Crippen LogP contribution in [0.15, 0.2) is 28.2 Å². The third-order valence-corrected chi connectivity index (χ3v) is 5.52. The zero-order valence-electron chi connectivity index (χ0n) is 13.4. The van der Waals surface area contributed by atoms with Crippen LogP contribution in [0.1, 0.15) is 18.5 Å². The minimum absolute atomic E-state index is 0.0153. The van der Waals surface area contributed by atoms with E-state index in [-0.39, 0.29) is 18.4 Å². The van der Waals surface area contributed by atoms with E-state index in [0.29, 0.717) is 12.6 Å². The molecule has 7 heteroatoms. The number of rotatable bonds is 5. The molecular formula is C17H21N3O3S. The fourth-order valence-corrected chi connectivity index (χ4v) is 4.15. The average molecular weight is 347 g/mol. The van der Waals surface area contributed by atoms with Gasteiger partial charge in [0.15, 0.2) is 10.8 Å². The van der Waals surface area contributed by atoms with Crippen molar-refractivity contribution in [1.29, 1.82) is 0 Å². The summed E-state index contributed by atoms with van der Waals surface area (Å²) >= 11 is 1.49. The van der Waals surface area contributed by atoms with Gasteiger partial charge in [-0.1, -0.05) is 0 Å². The summed E-state index contributed by atoms with van der Waals surface area (Å²) in [6.45, 7) is 3.44. The van der Waals surface area contributed by atoms with Gasteiger partial charge >= 0.3 is 0 Å². The molecule has 2 atom stereocenters. The van der Waals surface area contributed by atoms with Crippen molar-refractivity contribution in [2.75, 3.05) is 26.2 Å². The van der Waals surface area contributed by atoms with Crippen LogP contribution < -0.4 is 5.32 Å². The number of furan rings is 1. The summed E-state index contributed by atoms with van der Waals surface area (Å²) < 4.78 is 11.2. The number of amides is 1. The van der Waals surface area contributed by atoms with Gasteiger partial charge in [-0.2, -0.15) is 0 Å². The Labute approximate surface area is 144 Å². The zero-order chi connectivity index (χ0) is 16.4. The second kappa shape index (κ2) is 7.04. The van der Waals surface area contributed by atoms with E-state index in [0.717, 1.165) is 36.2 Å². The highest BCUT2D eigenvalue weighted by molar-refractivity contribution is 7.13. The molecule has 2 aromatic heterocycles. The number of hydrogen-bond donors (Lipinski definition) is 1. The smallest absolute Gasteiger partial charge is 0.226 e. The first-order valence-electron chi connectivity index (χ1n) is 8.38. The number of carbonyl (C=O) groups is 1. The Morgan fingerprint density at radius 3 is 3.33 bits per heavy atom. The Hall–Kier alpha value is -1.70. The number of hydrogen-bond acceptors (Lipinski definition) is 6. The maximum Gasteiger partial charge on any atom is 0.226 e. The predicted molar refractivity (Wildman–Crippen MR) is 90.9 cm³/mol. The highest BCUT2D eigenvalue weighted by Gasteiger charge is 2.32. The Morgan fingerprint density at radius 1 is 1.50 bits per heavy atom. The Morgan fingerprint density at radius 2 is 2.46 bits per heavy atom. The molecule has 0 saturated carbocycles. The van der Waals surface area contributed by atoms with Crippen LogP contribution in [0, 0.1) is 0 Å². The van der Waals surface area contributed by atoms with Gasteiger partial charge in [0.25, 0.3) is 0 Å². The van der Waals surface area contributed by atoms with Gasteiger partial charge in [-0.05, 0) is 31.5 Å². The second-order valence-corrected chi connectivity index (χ2v) is 7.21. The van der Waals surface area contributed by atoms with E-state index in [1.807, 2.05) is 17.5 Å². The molecule has 2 aliphatic heterocycles. The van der Waals surface area contributed by atoms with E-state index in [4.69, 9.17) is 9.15 Å². The maximum absolute atomic E-state index is 12.1. The van der Waals surface area contributed by atoms with E-state index in [1.165, 1.54) is 24.2 Å². The molecule has 4 heterocycles. The fraction of sp³-hybridized carbons (Fsp3) is 0.529. The van der Waals surface area contributed by atoms with Gasteiger partial charge in [-0.15, -0.1) is 11.3 Å². The minimum atomic E-state index is -0.0153. The topological polar surface area (TPSA) is 67.6 Å². The van der Waals surface area contributed by atoms with Crippen molar-refractivity contribution in [1.82, 2.24) is 15.2 Å². The average Bonchev–Trinajstić information content (AvgIpc) is 3.32. The number of fused-ring (bicyclic) bond motifs is 1. The van der Waals surface area contributed by atoms with Gasteiger partial charge in [0.05, 0.1) is 31.1 Å². The number of carbonyl (C=O) groups excluding carboxylic acids is 1. The third kappa shape index (κ3) is 3.53. The van der Waals surface area contributed by atoms with E-state index in [9.17, 15) is 4.79 Å². The Kier molecular flexibility index (Phi) is 4.64. The number of ether oxygens (including phenoxy) is 1. The van der Waals surface area contributed by atoms with Crippen LogP contribution >= 0.6 is 11.3 Å². The Balaban J connectivity index is 1.25. The molecule has 0 spiro atoms. The molecule has 2 aromatic rings. The van der Waals surface area contributed by atoms with Crippen LogP contribution in [0.5, 0.6) is 0 Å². The molecule has 1 amide bonds. The third-order valence-electron chi connectivity index (χ3n) is 4.61. The van der Waals surface area contributed by atoms with Crippen molar-refractivity contribution in [3.8, 4) is 10.8 Å². The summed E-state index contributed by atoms with van der Waals surface area (Å²) in [6.07, 6.45) is 4.50. The maximum atomic E-state index is 12.1. The lowest BCUT2D eigenvalue weighted by atomic mass is 10.2. The fourth-order valence-electron chi connectivity index (χ4n) is 3.37. The zero-order valence-corrected chi connectivity index (χ0v) is 14.3. The van der Waals surface area contributed by atoms with Crippen molar-refractivity contribution in [3.63, 3.8) is 0 Å². The molecule has 24 heavy (non-hydrogen) atoms. The monoisotopic (exact) mass is 347 g/mol. The summed E-state index contributed by atoms with van der Waals surface area (Å²) in [7, 11) is 0. The van der Waals surface area contributed by atoms with E-state index < -0.39 is 0 Å². The standard InChI is InChI=1S/C17H21N3O3S/c21-16(7-12-11-24-17(19-12)15-4-2-6-22-15)18-8-14-9-20-5-1-3-13(20)10-23-14/h2,4,6,11,13-14H,1,3,5,7-10H2,(H,18,21). The predicted octanol–water partition coefficient (Wildman–Crippen LogP) is 1.92. The summed E-state index contributed by atoms with van der Waals surface area (Å²) in [5.41, 5.74) is 0.771. The van der Waals surface area contributed by atoms with Crippen LogP contribution in [-0.2, 0) is 16.0 Å². The molecule has 0 radical (unpaired) electrons. The highest BCUT2D eigenvalue weighted by atomic mass is 32.1. The second-order valence-electron chi connectivity index (χ2n) is 6.35. The largest absolute Gasteiger partial charge is 0.462 e. The van der Waals surface area contributed by atoms with Crippen molar-refractivity contribution >= 4 is 17.2 Å². The number of aromatic nitrogens is 1. The first-order valence-corrected chi connectivity index (χ1v) is 9.26. The van der Waals surface area contributed by atoms with E-state index in [1.54, 1.807) is 6.26 Å². The quantitative estimate of drug-likeness (QED) is 0.895. The van der Waals surface area contributed by atoms with Crippen molar-refractivity contribution in [2.45, 2.75) is 31.4 Å². The van der Waals surface area contributed by atoms with Gasteiger partial charge in [0.1, 0.15) is 0 Å². The minimum Gasteiger partial charge on any atom is -0.462 e. The van der Waals surface area contributed by atoms with Crippen molar-refractivity contribution in [2.24, 2.45) is 0 Å². The van der Waals surface area contributed by atoms with Crippen LogP contribution in [-0.4, -0.2) is 54.2 Å². The van der Waals surface area contributed by atoms with Crippen molar-refractivity contribution in [3.05, 3.63) is 29.5 Å². The molecule has 128 valence electrons. The molecule has 1 N–H and O–H groups in total. The summed E-state index contributed by atoms with van der Waals surface area (Å²) in [5.74, 6) is 0.723. The number of thiazole rings is 1. The van der Waals surface area contributed by atoms with Crippen LogP contribution in [0.3, 0.4) is 0 Å². The van der Waals surface area contributed by atoms with Crippen LogP contribution in [0.4, 0.5) is 0 Å². The van der Waals surface area contributed by atoms with Gasteiger partial charge in [-0.25, -0.2) is 4.98 Å². The molecule has 0 bridgehead atoms. The number of nitrogens with zero attached hydrogens (tertiary/aromatic N) is 2. The molecule has 2 unspecified atom stereocenters. The first-order chi connectivity index (χ1) is 11.8. The molecule has 6 nitrogen and oxygen atoms in total. The van der Waals surface area contributed by atoms with Gasteiger partial charge in [-0.3, -0.25) is 9.69 Å². The van der Waals surface area contributed by atoms with Crippen LogP contribution in [0.25, 0.3) is 10.8 Å².